The molecule has 1 N–H and O–H groups in total. The van der Waals surface area contributed by atoms with Gasteiger partial charge in [-0.25, -0.2) is 9.97 Å². The van der Waals surface area contributed by atoms with Crippen LogP contribution in [-0.4, -0.2) is 30.8 Å². The highest BCUT2D eigenvalue weighted by Crippen LogP contribution is 2.08. The van der Waals surface area contributed by atoms with E-state index in [2.05, 4.69) is 46.1 Å². The smallest absolute Gasteiger partial charge is 0.174 e. The van der Waals surface area contributed by atoms with Gasteiger partial charge in [-0.2, -0.15) is 4.68 Å². The molecule has 0 saturated carbocycles. The molecule has 0 atom stereocenters. The Labute approximate surface area is 119 Å². The summed E-state index contributed by atoms with van der Waals surface area (Å²) in [5.74, 6) is 2.50. The van der Waals surface area contributed by atoms with Crippen LogP contribution in [-0.2, 0) is 19.4 Å². The summed E-state index contributed by atoms with van der Waals surface area (Å²) in [7, 11) is 0. The van der Waals surface area contributed by atoms with Crippen molar-refractivity contribution in [1.82, 2.24) is 30.0 Å². The van der Waals surface area contributed by atoms with Gasteiger partial charge < -0.3 is 5.32 Å². The fourth-order valence-corrected chi connectivity index (χ4v) is 1.84. The molecule has 108 valence electrons. The Kier molecular flexibility index (Phi) is 4.79. The Hall–Kier alpha value is -1.82. The first-order valence-electron chi connectivity index (χ1n) is 7.13. The van der Waals surface area contributed by atoms with Gasteiger partial charge in [-0.3, -0.25) is 4.98 Å². The van der Waals surface area contributed by atoms with Crippen LogP contribution in [0.4, 0.5) is 0 Å². The van der Waals surface area contributed by atoms with Gasteiger partial charge >= 0.3 is 0 Å². The second-order valence-corrected chi connectivity index (χ2v) is 4.97. The van der Waals surface area contributed by atoms with Crippen LogP contribution in [0.2, 0.25) is 0 Å². The number of nitrogens with zero attached hydrogens (tertiary/aromatic N) is 5. The van der Waals surface area contributed by atoms with Crippen molar-refractivity contribution < 1.29 is 0 Å². The van der Waals surface area contributed by atoms with Gasteiger partial charge in [0.25, 0.3) is 0 Å². The molecule has 0 aliphatic rings. The van der Waals surface area contributed by atoms with Crippen molar-refractivity contribution in [2.24, 2.45) is 0 Å². The molecule has 2 aromatic heterocycles. The molecule has 2 aromatic rings. The normalized spacial score (nSPS) is 11.2. The Bertz CT molecular complexity index is 561. The first-order valence-corrected chi connectivity index (χ1v) is 7.13. The van der Waals surface area contributed by atoms with Crippen LogP contribution >= 0.6 is 0 Å². The summed E-state index contributed by atoms with van der Waals surface area (Å²) in [6.07, 6.45) is 5.15. The van der Waals surface area contributed by atoms with E-state index in [1.807, 2.05) is 6.92 Å². The van der Waals surface area contributed by atoms with Crippen molar-refractivity contribution in [2.75, 3.05) is 0 Å². The molecule has 0 aliphatic heterocycles. The van der Waals surface area contributed by atoms with E-state index in [9.17, 15) is 0 Å². The minimum atomic E-state index is 0.421. The summed E-state index contributed by atoms with van der Waals surface area (Å²) >= 11 is 0. The zero-order valence-corrected chi connectivity index (χ0v) is 12.6. The lowest BCUT2D eigenvalue weighted by molar-refractivity contribution is 0.578. The fourth-order valence-electron chi connectivity index (χ4n) is 1.84. The lowest BCUT2D eigenvalue weighted by Crippen LogP contribution is -2.22. The maximum Gasteiger partial charge on any atom is 0.174 e. The molecular formula is C14H22N6. The van der Waals surface area contributed by atoms with Crippen LogP contribution in [0, 0.1) is 0 Å². The molecule has 0 unspecified atom stereocenters. The molecule has 0 spiro atoms. The Morgan fingerprint density at radius 1 is 1.15 bits per heavy atom. The second-order valence-electron chi connectivity index (χ2n) is 4.97. The quantitative estimate of drug-likeness (QED) is 0.868. The van der Waals surface area contributed by atoms with Crippen molar-refractivity contribution in [2.45, 2.75) is 53.1 Å². The molecule has 2 rings (SSSR count). The minimum absolute atomic E-state index is 0.421. The number of aryl methyl sites for hydroxylation is 2. The molecular weight excluding hydrogens is 252 g/mol. The average Bonchev–Trinajstić information content (AvgIpc) is 2.89. The maximum absolute atomic E-state index is 4.61. The molecule has 6 nitrogen and oxygen atoms in total. The number of aromatic nitrogens is 5. The molecule has 0 radical (unpaired) electrons. The van der Waals surface area contributed by atoms with E-state index < -0.39 is 0 Å². The van der Waals surface area contributed by atoms with Crippen molar-refractivity contribution in [3.63, 3.8) is 0 Å². The zero-order valence-electron chi connectivity index (χ0n) is 12.6. The fraction of sp³-hybridized carbons (Fsp3) is 0.571. The van der Waals surface area contributed by atoms with Gasteiger partial charge in [0.2, 0.25) is 0 Å². The summed E-state index contributed by atoms with van der Waals surface area (Å²) in [4.78, 5) is 13.4. The van der Waals surface area contributed by atoms with Crippen LogP contribution in [0.15, 0.2) is 12.4 Å². The van der Waals surface area contributed by atoms with E-state index in [4.69, 9.17) is 0 Å². The molecule has 20 heavy (non-hydrogen) atoms. The molecule has 6 heteroatoms. The van der Waals surface area contributed by atoms with E-state index in [1.165, 1.54) is 0 Å². The molecule has 0 amide bonds. The molecule has 0 saturated heterocycles. The topological polar surface area (TPSA) is 68.5 Å². The average molecular weight is 274 g/mol. The van der Waals surface area contributed by atoms with Crippen molar-refractivity contribution >= 4 is 0 Å². The summed E-state index contributed by atoms with van der Waals surface area (Å²) in [5, 5.41) is 7.83. The SMILES string of the molecule is CCc1nc(CC)n(-c2cncc(CNC(C)C)n2)n1. The largest absolute Gasteiger partial charge is 0.309 e. The van der Waals surface area contributed by atoms with Crippen LogP contribution < -0.4 is 5.32 Å². The molecule has 0 bridgehead atoms. The predicted octanol–water partition coefficient (Wildman–Crippen LogP) is 1.68. The third-order valence-electron chi connectivity index (χ3n) is 2.93. The summed E-state index contributed by atoms with van der Waals surface area (Å²) in [6, 6.07) is 0.421. The molecule has 0 aromatic carbocycles. The maximum atomic E-state index is 4.61. The van der Waals surface area contributed by atoms with Gasteiger partial charge in [0, 0.05) is 31.6 Å². The second kappa shape index (κ2) is 6.56. The lowest BCUT2D eigenvalue weighted by Gasteiger charge is -2.08. The first kappa shape index (κ1) is 14.6. The lowest BCUT2D eigenvalue weighted by atomic mass is 10.3. The number of hydrogen-bond acceptors (Lipinski definition) is 5. The highest BCUT2D eigenvalue weighted by atomic mass is 15.4. The zero-order chi connectivity index (χ0) is 14.5. The van der Waals surface area contributed by atoms with Gasteiger partial charge in [-0.15, -0.1) is 5.10 Å². The number of hydrogen-bond donors (Lipinski definition) is 1. The van der Waals surface area contributed by atoms with Crippen LogP contribution in [0.1, 0.15) is 45.0 Å². The van der Waals surface area contributed by atoms with E-state index >= 15 is 0 Å². The standard InChI is InChI=1S/C14H22N6/c1-5-12-18-13(6-2)20(19-12)14-9-15-7-11(17-14)8-16-10(3)4/h7,9-10,16H,5-6,8H2,1-4H3. The van der Waals surface area contributed by atoms with E-state index in [0.717, 1.165) is 36.0 Å². The highest BCUT2D eigenvalue weighted by Gasteiger charge is 2.11. The Morgan fingerprint density at radius 3 is 2.60 bits per heavy atom. The van der Waals surface area contributed by atoms with Gasteiger partial charge in [-0.1, -0.05) is 27.7 Å². The van der Waals surface area contributed by atoms with Crippen LogP contribution in [0.5, 0.6) is 0 Å². The van der Waals surface area contributed by atoms with Crippen molar-refractivity contribution in [3.05, 3.63) is 29.7 Å². The van der Waals surface area contributed by atoms with Crippen LogP contribution in [0.3, 0.4) is 0 Å². The number of nitrogens with one attached hydrogen (secondary N) is 1. The minimum Gasteiger partial charge on any atom is -0.309 e. The Balaban J connectivity index is 2.28. The first-order chi connectivity index (χ1) is 9.63. The molecule has 0 aliphatic carbocycles. The van der Waals surface area contributed by atoms with Crippen LogP contribution in [0.25, 0.3) is 5.82 Å². The van der Waals surface area contributed by atoms with E-state index in [-0.39, 0.29) is 0 Å². The summed E-state index contributed by atoms with van der Waals surface area (Å²) < 4.78 is 1.80. The van der Waals surface area contributed by atoms with Gasteiger partial charge in [0.15, 0.2) is 11.6 Å². The highest BCUT2D eigenvalue weighted by molar-refractivity contribution is 5.20. The summed E-state index contributed by atoms with van der Waals surface area (Å²) in [6.45, 7) is 9.04. The number of rotatable bonds is 6. The predicted molar refractivity (Wildman–Crippen MR) is 77.7 cm³/mol. The monoisotopic (exact) mass is 274 g/mol. The van der Waals surface area contributed by atoms with Gasteiger partial charge in [-0.05, 0) is 0 Å². The third-order valence-corrected chi connectivity index (χ3v) is 2.93. The Morgan fingerprint density at radius 2 is 1.95 bits per heavy atom. The van der Waals surface area contributed by atoms with E-state index in [0.29, 0.717) is 12.6 Å². The van der Waals surface area contributed by atoms with Crippen molar-refractivity contribution in [3.8, 4) is 5.82 Å². The summed E-state index contributed by atoms with van der Waals surface area (Å²) in [5.41, 5.74) is 0.909. The van der Waals surface area contributed by atoms with Crippen molar-refractivity contribution in [1.29, 1.82) is 0 Å². The van der Waals surface area contributed by atoms with Gasteiger partial charge in [0.1, 0.15) is 5.82 Å². The van der Waals surface area contributed by atoms with E-state index in [1.54, 1.807) is 17.1 Å². The molecule has 0 fully saturated rings. The van der Waals surface area contributed by atoms with Gasteiger partial charge in [0.05, 0.1) is 11.9 Å². The molecule has 2 heterocycles. The third kappa shape index (κ3) is 3.39.